The van der Waals surface area contributed by atoms with E-state index in [9.17, 15) is 0 Å². The molecular formula is C54H34N2OS. The van der Waals surface area contributed by atoms with E-state index in [1.54, 1.807) is 0 Å². The molecule has 1 aliphatic heterocycles. The van der Waals surface area contributed by atoms with E-state index in [1.807, 2.05) is 11.3 Å². The summed E-state index contributed by atoms with van der Waals surface area (Å²) in [5.74, 6) is 1.21. The topological polar surface area (TPSA) is 19.1 Å². The molecule has 0 N–H and O–H groups in total. The number of allylic oxidation sites excluding steroid dienone is 2. The van der Waals surface area contributed by atoms with Crippen molar-refractivity contribution < 1.29 is 4.74 Å². The molecule has 1 aliphatic carbocycles. The van der Waals surface area contributed by atoms with Gasteiger partial charge in [0, 0.05) is 70.1 Å². The summed E-state index contributed by atoms with van der Waals surface area (Å²) >= 11 is 1.89. The largest absolute Gasteiger partial charge is 0.485 e. The van der Waals surface area contributed by atoms with Crippen molar-refractivity contribution in [2.24, 2.45) is 0 Å². The number of nitrogens with zero attached hydrogens (tertiary/aromatic N) is 2. The van der Waals surface area contributed by atoms with Gasteiger partial charge in [0.05, 0.1) is 22.1 Å². The van der Waals surface area contributed by atoms with Gasteiger partial charge in [-0.1, -0.05) is 121 Å². The highest BCUT2D eigenvalue weighted by atomic mass is 32.1. The molecule has 0 radical (unpaired) electrons. The summed E-state index contributed by atoms with van der Waals surface area (Å²) < 4.78 is 13.9. The fraction of sp³-hybridized carbons (Fsp3) is 0.0370. The number of hydrogen-bond acceptors (Lipinski definition) is 2. The zero-order chi connectivity index (χ0) is 37.9. The molecule has 0 spiro atoms. The van der Waals surface area contributed by atoms with E-state index < -0.39 is 0 Å². The van der Waals surface area contributed by atoms with Crippen LogP contribution < -0.4 is 4.74 Å². The molecular weight excluding hydrogens is 725 g/mol. The third kappa shape index (κ3) is 4.55. The summed E-state index contributed by atoms with van der Waals surface area (Å²) in [4.78, 5) is 0. The molecule has 0 saturated heterocycles. The summed E-state index contributed by atoms with van der Waals surface area (Å²) in [6, 6.07) is 62.7. The number of benzene rings is 8. The van der Waals surface area contributed by atoms with Crippen LogP contribution >= 0.6 is 11.3 Å². The SMILES string of the molecule is C1=CC2Oc3ccc(-c4cc(-n5c6ccccc6c6c(-c7ccc8c9ccccc9n(-c9ccccc9)c8c7)cccc65)cc5c4sc4ccccc45)cc3C2C=C1. The summed E-state index contributed by atoms with van der Waals surface area (Å²) in [7, 11) is 0. The molecule has 11 aromatic rings. The van der Waals surface area contributed by atoms with Gasteiger partial charge in [-0.3, -0.25) is 0 Å². The van der Waals surface area contributed by atoms with Gasteiger partial charge in [-0.2, -0.15) is 0 Å². The van der Waals surface area contributed by atoms with Crippen molar-refractivity contribution in [3.8, 4) is 39.4 Å². The smallest absolute Gasteiger partial charge is 0.128 e. The van der Waals surface area contributed by atoms with Crippen molar-refractivity contribution in [3.63, 3.8) is 0 Å². The number of fused-ring (bicyclic) bond motifs is 12. The van der Waals surface area contributed by atoms with Crippen LogP contribution in [0.2, 0.25) is 0 Å². The molecule has 0 saturated carbocycles. The van der Waals surface area contributed by atoms with Crippen molar-refractivity contribution in [2.75, 3.05) is 0 Å². The molecule has 0 amide bonds. The first-order chi connectivity index (χ1) is 28.8. The van der Waals surface area contributed by atoms with E-state index >= 15 is 0 Å². The Kier molecular flexibility index (Phi) is 6.72. The van der Waals surface area contributed by atoms with Crippen LogP contribution in [-0.2, 0) is 0 Å². The Morgan fingerprint density at radius 2 is 1.14 bits per heavy atom. The average Bonchev–Trinajstić information content (AvgIpc) is 4.03. The fourth-order valence-corrected chi connectivity index (χ4v) is 11.1. The van der Waals surface area contributed by atoms with Gasteiger partial charge in [0.1, 0.15) is 11.9 Å². The molecule has 3 aromatic heterocycles. The minimum atomic E-state index is 0.0557. The Morgan fingerprint density at radius 1 is 0.448 bits per heavy atom. The number of thiophene rings is 1. The first kappa shape index (κ1) is 32.0. The Hall–Kier alpha value is -7.14. The van der Waals surface area contributed by atoms with Crippen LogP contribution in [0.3, 0.4) is 0 Å². The molecule has 2 unspecified atom stereocenters. The van der Waals surface area contributed by atoms with E-state index in [1.165, 1.54) is 91.6 Å². The molecule has 58 heavy (non-hydrogen) atoms. The van der Waals surface area contributed by atoms with Crippen molar-refractivity contribution in [3.05, 3.63) is 200 Å². The molecule has 0 bridgehead atoms. The molecule has 13 rings (SSSR count). The minimum Gasteiger partial charge on any atom is -0.485 e. The molecule has 3 nitrogen and oxygen atoms in total. The van der Waals surface area contributed by atoms with Crippen LogP contribution in [0.5, 0.6) is 5.75 Å². The van der Waals surface area contributed by atoms with Crippen LogP contribution in [0, 0.1) is 0 Å². The summed E-state index contributed by atoms with van der Waals surface area (Å²) in [5.41, 5.74) is 13.3. The van der Waals surface area contributed by atoms with E-state index in [4.69, 9.17) is 4.74 Å². The lowest BCUT2D eigenvalue weighted by Gasteiger charge is -2.15. The van der Waals surface area contributed by atoms with E-state index in [0.717, 1.165) is 17.1 Å². The van der Waals surface area contributed by atoms with E-state index in [-0.39, 0.29) is 12.0 Å². The van der Waals surface area contributed by atoms with Crippen LogP contribution in [0.1, 0.15) is 11.5 Å². The van der Waals surface area contributed by atoms with Crippen molar-refractivity contribution in [1.82, 2.24) is 9.13 Å². The third-order valence-corrected chi connectivity index (χ3v) is 13.7. The minimum absolute atomic E-state index is 0.0557. The maximum atomic E-state index is 6.39. The Labute approximate surface area is 338 Å². The zero-order valence-corrected chi connectivity index (χ0v) is 32.2. The standard InChI is InChI=1S/C54H34N2OS/c1-2-13-35(14-3-1)55-46-20-8-4-15-38(46)39-27-25-34(30-49(39)55)37-19-12-22-48-53(37)42-18-5-9-21-47(42)56(48)36-31-43(54-45(32-36)41-17-7-11-24-52(41)58-54)33-26-28-51-44(29-33)40-16-6-10-23-50(40)57-51/h1-32,40,50H. The number of ether oxygens (including phenoxy) is 1. The van der Waals surface area contributed by atoms with Crippen LogP contribution in [0.4, 0.5) is 0 Å². The lowest BCUT2D eigenvalue weighted by atomic mass is 9.90. The molecule has 8 aromatic carbocycles. The molecule has 0 fully saturated rings. The highest BCUT2D eigenvalue weighted by molar-refractivity contribution is 7.26. The van der Waals surface area contributed by atoms with Gasteiger partial charge in [-0.05, 0) is 89.5 Å². The third-order valence-electron chi connectivity index (χ3n) is 12.4. The number of para-hydroxylation sites is 3. The Balaban J connectivity index is 1.06. The maximum Gasteiger partial charge on any atom is 0.128 e. The van der Waals surface area contributed by atoms with E-state index in [0.29, 0.717) is 0 Å². The van der Waals surface area contributed by atoms with Gasteiger partial charge in [0.15, 0.2) is 0 Å². The second-order valence-corrected chi connectivity index (χ2v) is 16.6. The molecule has 2 atom stereocenters. The lowest BCUT2D eigenvalue weighted by molar-refractivity contribution is 0.269. The van der Waals surface area contributed by atoms with Crippen molar-refractivity contribution >= 4 is 75.1 Å². The Morgan fingerprint density at radius 3 is 2.03 bits per heavy atom. The van der Waals surface area contributed by atoms with Gasteiger partial charge in [0.2, 0.25) is 0 Å². The van der Waals surface area contributed by atoms with E-state index in [2.05, 4.69) is 203 Å². The van der Waals surface area contributed by atoms with Crippen molar-refractivity contribution in [2.45, 2.75) is 12.0 Å². The second-order valence-electron chi connectivity index (χ2n) is 15.6. The fourth-order valence-electron chi connectivity index (χ4n) is 9.90. The molecule has 272 valence electrons. The lowest BCUT2D eigenvalue weighted by Crippen LogP contribution is -2.15. The maximum absolute atomic E-state index is 6.39. The Bertz CT molecular complexity index is 3560. The highest BCUT2D eigenvalue weighted by Gasteiger charge is 2.32. The van der Waals surface area contributed by atoms with Crippen LogP contribution in [0.15, 0.2) is 194 Å². The highest BCUT2D eigenvalue weighted by Crippen LogP contribution is 2.48. The summed E-state index contributed by atoms with van der Waals surface area (Å²) in [6.45, 7) is 0. The van der Waals surface area contributed by atoms with Crippen LogP contribution in [0.25, 0.3) is 97.4 Å². The number of aromatic nitrogens is 2. The summed E-state index contributed by atoms with van der Waals surface area (Å²) in [6.07, 6.45) is 8.75. The monoisotopic (exact) mass is 758 g/mol. The van der Waals surface area contributed by atoms with Gasteiger partial charge in [-0.25, -0.2) is 0 Å². The zero-order valence-electron chi connectivity index (χ0n) is 31.3. The normalized spacial score (nSPS) is 15.9. The predicted octanol–water partition coefficient (Wildman–Crippen LogP) is 14.6. The second kappa shape index (κ2) is 12.2. The van der Waals surface area contributed by atoms with Gasteiger partial charge in [0.25, 0.3) is 0 Å². The molecule has 4 heterocycles. The average molecular weight is 759 g/mol. The van der Waals surface area contributed by atoms with Crippen LogP contribution in [-0.4, -0.2) is 15.2 Å². The number of rotatable bonds is 4. The molecule has 2 aliphatic rings. The predicted molar refractivity (Wildman–Crippen MR) is 244 cm³/mol. The first-order valence-electron chi connectivity index (χ1n) is 20.0. The first-order valence-corrected chi connectivity index (χ1v) is 20.8. The molecule has 4 heteroatoms. The summed E-state index contributed by atoms with van der Waals surface area (Å²) in [5, 5.41) is 7.59. The number of hydrogen-bond donors (Lipinski definition) is 0. The quantitative estimate of drug-likeness (QED) is 0.175. The van der Waals surface area contributed by atoms with Gasteiger partial charge in [-0.15, -0.1) is 11.3 Å². The van der Waals surface area contributed by atoms with Crippen molar-refractivity contribution in [1.29, 1.82) is 0 Å². The van der Waals surface area contributed by atoms with Gasteiger partial charge >= 0.3 is 0 Å². The van der Waals surface area contributed by atoms with Gasteiger partial charge < -0.3 is 13.9 Å².